The van der Waals surface area contributed by atoms with Gasteiger partial charge in [-0.2, -0.15) is 0 Å². The van der Waals surface area contributed by atoms with Gasteiger partial charge in [-0.25, -0.2) is 0 Å². The third kappa shape index (κ3) is 2.17. The molecular weight excluding hydrogens is 268 g/mol. The van der Waals surface area contributed by atoms with Crippen LogP contribution in [0.5, 0.6) is 0 Å². The number of aliphatic hydroxyl groups is 1. The Hall–Kier alpha value is -1.72. The highest BCUT2D eigenvalue weighted by Crippen LogP contribution is 2.35. The lowest BCUT2D eigenvalue weighted by molar-refractivity contribution is 0.0543. The van der Waals surface area contributed by atoms with E-state index in [0.717, 1.165) is 6.54 Å². The lowest BCUT2D eigenvalue weighted by atomic mass is 9.82. The monoisotopic (exact) mass is 288 g/mol. The number of likely N-dealkylation sites (tertiary alicyclic amines) is 1. The van der Waals surface area contributed by atoms with Gasteiger partial charge in [0, 0.05) is 25.1 Å². The number of amides is 2. The fourth-order valence-corrected chi connectivity index (χ4v) is 3.22. The normalized spacial score (nSPS) is 29.3. The molecule has 2 heterocycles. The Labute approximate surface area is 124 Å². The predicted molar refractivity (Wildman–Crippen MR) is 77.7 cm³/mol. The van der Waals surface area contributed by atoms with Crippen molar-refractivity contribution in [2.24, 2.45) is 11.3 Å². The van der Waals surface area contributed by atoms with Crippen LogP contribution in [-0.2, 0) is 0 Å². The average Bonchev–Trinajstić information content (AvgIpc) is 2.90. The summed E-state index contributed by atoms with van der Waals surface area (Å²) >= 11 is 0. The first-order valence-electron chi connectivity index (χ1n) is 7.25. The molecule has 3 rings (SSSR count). The summed E-state index contributed by atoms with van der Waals surface area (Å²) in [4.78, 5) is 28.1. The van der Waals surface area contributed by atoms with Crippen molar-refractivity contribution >= 4 is 11.8 Å². The van der Waals surface area contributed by atoms with Crippen LogP contribution in [0.4, 0.5) is 0 Å². The van der Waals surface area contributed by atoms with E-state index in [0.29, 0.717) is 30.3 Å². The van der Waals surface area contributed by atoms with Crippen LogP contribution >= 0.6 is 0 Å². The topological polar surface area (TPSA) is 60.9 Å². The molecule has 2 aliphatic rings. The molecule has 0 aliphatic carbocycles. The lowest BCUT2D eigenvalue weighted by Crippen LogP contribution is -2.41. The fraction of sp³-hybridized carbons (Fsp3) is 0.500. The number of fused-ring (bicyclic) bond motifs is 1. The molecule has 0 spiro atoms. The van der Waals surface area contributed by atoms with Gasteiger partial charge in [-0.15, -0.1) is 0 Å². The van der Waals surface area contributed by atoms with Gasteiger partial charge in [-0.05, 0) is 18.1 Å². The summed E-state index contributed by atoms with van der Waals surface area (Å²) in [6, 6.07) is 6.93. The number of carbonyl (C=O) groups excluding carboxylic acids is 2. The van der Waals surface area contributed by atoms with Gasteiger partial charge in [0.25, 0.3) is 11.8 Å². The molecule has 0 radical (unpaired) electrons. The van der Waals surface area contributed by atoms with Crippen LogP contribution in [0.1, 0.15) is 34.6 Å². The van der Waals surface area contributed by atoms with Gasteiger partial charge in [-0.1, -0.05) is 26.0 Å². The first kappa shape index (κ1) is 14.2. The Kier molecular flexibility index (Phi) is 3.34. The largest absolute Gasteiger partial charge is 0.396 e. The SMILES string of the molecule is CC1CN(CN2C(=O)c3ccccc3C2=O)CC1(C)CO. The van der Waals surface area contributed by atoms with E-state index in [1.165, 1.54) is 4.90 Å². The summed E-state index contributed by atoms with van der Waals surface area (Å²) in [6.07, 6.45) is 0. The highest BCUT2D eigenvalue weighted by molar-refractivity contribution is 6.21. The van der Waals surface area contributed by atoms with Gasteiger partial charge in [0.15, 0.2) is 0 Å². The van der Waals surface area contributed by atoms with Crippen LogP contribution in [0.25, 0.3) is 0 Å². The van der Waals surface area contributed by atoms with Crippen LogP contribution in [0.3, 0.4) is 0 Å². The van der Waals surface area contributed by atoms with Crippen molar-refractivity contribution < 1.29 is 14.7 Å². The van der Waals surface area contributed by atoms with Crippen molar-refractivity contribution in [2.75, 3.05) is 26.4 Å². The highest BCUT2D eigenvalue weighted by atomic mass is 16.3. The minimum atomic E-state index is -0.221. The number of carbonyl (C=O) groups is 2. The molecular formula is C16H20N2O3. The number of imide groups is 1. The molecule has 1 fully saturated rings. The van der Waals surface area contributed by atoms with Gasteiger partial charge in [0.1, 0.15) is 0 Å². The van der Waals surface area contributed by atoms with Gasteiger partial charge in [0.2, 0.25) is 0 Å². The molecule has 2 atom stereocenters. The van der Waals surface area contributed by atoms with E-state index in [4.69, 9.17) is 0 Å². The molecule has 2 unspecified atom stereocenters. The maximum Gasteiger partial charge on any atom is 0.262 e. The van der Waals surface area contributed by atoms with Crippen molar-refractivity contribution in [2.45, 2.75) is 13.8 Å². The van der Waals surface area contributed by atoms with E-state index in [1.807, 2.05) is 6.92 Å². The van der Waals surface area contributed by atoms with E-state index in [-0.39, 0.29) is 23.8 Å². The minimum absolute atomic E-state index is 0.118. The van der Waals surface area contributed by atoms with E-state index in [1.54, 1.807) is 24.3 Å². The van der Waals surface area contributed by atoms with Crippen molar-refractivity contribution in [3.63, 3.8) is 0 Å². The zero-order valence-corrected chi connectivity index (χ0v) is 12.4. The Bertz CT molecular complexity index is 566. The van der Waals surface area contributed by atoms with Crippen molar-refractivity contribution in [1.29, 1.82) is 0 Å². The molecule has 112 valence electrons. The number of rotatable bonds is 3. The zero-order valence-electron chi connectivity index (χ0n) is 12.4. The molecule has 5 heteroatoms. The minimum Gasteiger partial charge on any atom is -0.396 e. The van der Waals surface area contributed by atoms with Crippen molar-refractivity contribution in [1.82, 2.24) is 9.80 Å². The smallest absolute Gasteiger partial charge is 0.262 e. The molecule has 5 nitrogen and oxygen atoms in total. The van der Waals surface area contributed by atoms with Gasteiger partial charge in [0.05, 0.1) is 17.8 Å². The summed E-state index contributed by atoms with van der Waals surface area (Å²) in [5.41, 5.74) is 0.804. The molecule has 0 bridgehead atoms. The van der Waals surface area contributed by atoms with Crippen LogP contribution in [0.2, 0.25) is 0 Å². The zero-order chi connectivity index (χ0) is 15.2. The molecule has 2 amide bonds. The lowest BCUT2D eigenvalue weighted by Gasteiger charge is -2.26. The number of aliphatic hydroxyl groups excluding tert-OH is 1. The van der Waals surface area contributed by atoms with Gasteiger partial charge in [-0.3, -0.25) is 19.4 Å². The first-order chi connectivity index (χ1) is 9.96. The molecule has 1 N–H and O–H groups in total. The van der Waals surface area contributed by atoms with E-state index < -0.39 is 0 Å². The quantitative estimate of drug-likeness (QED) is 0.849. The number of nitrogens with zero attached hydrogens (tertiary/aromatic N) is 2. The summed E-state index contributed by atoms with van der Waals surface area (Å²) in [5.74, 6) is -0.112. The fourth-order valence-electron chi connectivity index (χ4n) is 3.22. The van der Waals surface area contributed by atoms with Crippen LogP contribution in [-0.4, -0.2) is 53.1 Å². The van der Waals surface area contributed by atoms with Crippen molar-refractivity contribution in [3.8, 4) is 0 Å². The Morgan fingerprint density at radius 3 is 2.29 bits per heavy atom. The van der Waals surface area contributed by atoms with E-state index in [2.05, 4.69) is 11.8 Å². The first-order valence-corrected chi connectivity index (χ1v) is 7.25. The third-order valence-electron chi connectivity index (χ3n) is 4.89. The van der Waals surface area contributed by atoms with Gasteiger partial charge < -0.3 is 5.11 Å². The van der Waals surface area contributed by atoms with E-state index in [9.17, 15) is 14.7 Å². The molecule has 0 saturated carbocycles. The Morgan fingerprint density at radius 1 is 1.24 bits per heavy atom. The highest BCUT2D eigenvalue weighted by Gasteiger charge is 2.43. The van der Waals surface area contributed by atoms with Crippen LogP contribution in [0.15, 0.2) is 24.3 Å². The molecule has 1 saturated heterocycles. The third-order valence-corrected chi connectivity index (χ3v) is 4.89. The Balaban J connectivity index is 1.76. The van der Waals surface area contributed by atoms with Crippen LogP contribution in [0, 0.1) is 11.3 Å². The molecule has 1 aromatic rings. The maximum absolute atomic E-state index is 12.3. The second-order valence-electron chi connectivity index (χ2n) is 6.45. The molecule has 2 aliphatic heterocycles. The summed E-state index contributed by atoms with van der Waals surface area (Å²) in [6.45, 7) is 6.03. The summed E-state index contributed by atoms with van der Waals surface area (Å²) in [5, 5.41) is 9.55. The Morgan fingerprint density at radius 2 is 1.81 bits per heavy atom. The maximum atomic E-state index is 12.3. The average molecular weight is 288 g/mol. The number of benzene rings is 1. The second-order valence-corrected chi connectivity index (χ2v) is 6.45. The standard InChI is InChI=1S/C16H20N2O3/c1-11-7-17(8-16(11,2)9-19)10-18-14(20)12-5-3-4-6-13(12)15(18)21/h3-6,11,19H,7-10H2,1-2H3. The molecule has 21 heavy (non-hydrogen) atoms. The summed E-state index contributed by atoms with van der Waals surface area (Å²) < 4.78 is 0. The van der Waals surface area contributed by atoms with E-state index >= 15 is 0 Å². The predicted octanol–water partition coefficient (Wildman–Crippen LogP) is 1.19. The van der Waals surface area contributed by atoms with Gasteiger partial charge >= 0.3 is 0 Å². The number of hydrogen-bond donors (Lipinski definition) is 1. The molecule has 1 aromatic carbocycles. The second kappa shape index (κ2) is 4.93. The molecule has 0 aromatic heterocycles. The van der Waals surface area contributed by atoms with Crippen molar-refractivity contribution in [3.05, 3.63) is 35.4 Å². The summed E-state index contributed by atoms with van der Waals surface area (Å²) in [7, 11) is 0. The van der Waals surface area contributed by atoms with Crippen LogP contribution < -0.4 is 0 Å². The number of hydrogen-bond acceptors (Lipinski definition) is 4.